The van der Waals surface area contributed by atoms with Gasteiger partial charge < -0.3 is 5.11 Å². The Hall–Kier alpha value is -1.07. The summed E-state index contributed by atoms with van der Waals surface area (Å²) < 4.78 is 15.5. The fourth-order valence-corrected chi connectivity index (χ4v) is 7.98. The second-order valence-corrected chi connectivity index (χ2v) is 10.4. The highest BCUT2D eigenvalue weighted by atomic mass is 35.5. The number of rotatable bonds is 2. The average molecular weight is 411 g/mol. The number of ketones is 3. The summed E-state index contributed by atoms with van der Waals surface area (Å²) in [5.74, 6) is -1.20. The van der Waals surface area contributed by atoms with Crippen LogP contribution in [-0.4, -0.2) is 40.6 Å². The van der Waals surface area contributed by atoms with Gasteiger partial charge in [0.05, 0.1) is 17.2 Å². The second kappa shape index (κ2) is 6.46. The predicted molar refractivity (Wildman–Crippen MR) is 103 cm³/mol. The summed E-state index contributed by atoms with van der Waals surface area (Å²) in [5, 5.41) is 8.66. The van der Waals surface area contributed by atoms with Crippen molar-refractivity contribution in [2.75, 3.05) is 6.61 Å². The van der Waals surface area contributed by atoms with Crippen LogP contribution in [0.3, 0.4) is 0 Å². The van der Waals surface area contributed by atoms with Gasteiger partial charge in [0, 0.05) is 5.92 Å². The summed E-state index contributed by atoms with van der Waals surface area (Å²) in [6, 6.07) is 0. The van der Waals surface area contributed by atoms with Crippen LogP contribution in [0.1, 0.15) is 46.5 Å². The van der Waals surface area contributed by atoms with Crippen LogP contribution in [-0.2, 0) is 14.4 Å². The van der Waals surface area contributed by atoms with Gasteiger partial charge in [-0.1, -0.05) is 13.8 Å². The molecule has 4 aliphatic rings. The Bertz CT molecular complexity index is 778. The van der Waals surface area contributed by atoms with E-state index in [0.29, 0.717) is 6.42 Å². The molecule has 0 bridgehead atoms. The van der Waals surface area contributed by atoms with E-state index in [1.54, 1.807) is 6.92 Å². The Labute approximate surface area is 169 Å². The zero-order chi connectivity index (χ0) is 20.6. The Balaban J connectivity index is 1.80. The van der Waals surface area contributed by atoms with Crippen LogP contribution in [0.15, 0.2) is 11.6 Å². The van der Waals surface area contributed by atoms with E-state index >= 15 is 4.39 Å². The third-order valence-electron chi connectivity index (χ3n) is 8.69. The fourth-order valence-electron chi connectivity index (χ4n) is 7.50. The van der Waals surface area contributed by atoms with Crippen LogP contribution < -0.4 is 0 Å². The molecule has 3 saturated carbocycles. The van der Waals surface area contributed by atoms with Crippen molar-refractivity contribution in [1.29, 1.82) is 0 Å². The zero-order valence-electron chi connectivity index (χ0n) is 16.6. The Morgan fingerprint density at radius 1 is 1.32 bits per heavy atom. The van der Waals surface area contributed by atoms with Gasteiger partial charge >= 0.3 is 0 Å². The number of hydrogen-bond acceptors (Lipinski definition) is 4. The maximum absolute atomic E-state index is 15.5. The van der Waals surface area contributed by atoms with Crippen LogP contribution in [0.5, 0.6) is 0 Å². The van der Waals surface area contributed by atoms with Crippen molar-refractivity contribution in [1.82, 2.24) is 0 Å². The molecule has 4 aliphatic carbocycles. The molecule has 0 saturated heterocycles. The molecule has 0 aromatic rings. The van der Waals surface area contributed by atoms with Gasteiger partial charge in [-0.25, -0.2) is 4.39 Å². The van der Waals surface area contributed by atoms with Crippen molar-refractivity contribution < 1.29 is 23.9 Å². The van der Waals surface area contributed by atoms with Crippen LogP contribution >= 0.6 is 11.6 Å². The second-order valence-electron chi connectivity index (χ2n) is 9.86. The van der Waals surface area contributed by atoms with E-state index < -0.39 is 23.6 Å². The Morgan fingerprint density at radius 2 is 2.00 bits per heavy atom. The lowest BCUT2D eigenvalue weighted by Gasteiger charge is -2.59. The van der Waals surface area contributed by atoms with Gasteiger partial charge in [-0.05, 0) is 66.9 Å². The van der Waals surface area contributed by atoms with Gasteiger partial charge in [-0.3, -0.25) is 14.4 Å². The van der Waals surface area contributed by atoms with Gasteiger partial charge in [-0.15, -0.1) is 11.6 Å². The molecule has 0 heterocycles. The molecule has 3 fully saturated rings. The minimum Gasteiger partial charge on any atom is -0.389 e. The number of carbonyl (C=O) groups excluding carboxylic acids is 3. The SMILES string of the molecule is CC1C[C@H]2[C@@H]3C(Cl)C(F)C4=CC(=O)CC(=O)[C@]4(C)[C@H]3CC[C@]2(C)[C@H]1C(=O)CO. The normalized spacial score (nSPS) is 50.5. The van der Waals surface area contributed by atoms with Crippen molar-refractivity contribution in [2.24, 2.45) is 40.4 Å². The van der Waals surface area contributed by atoms with Crippen molar-refractivity contribution in [2.45, 2.75) is 58.0 Å². The number of fused-ring (bicyclic) bond motifs is 5. The summed E-state index contributed by atoms with van der Waals surface area (Å²) in [6.45, 7) is 5.41. The summed E-state index contributed by atoms with van der Waals surface area (Å²) in [6.07, 6.45) is 1.76. The largest absolute Gasteiger partial charge is 0.389 e. The molecule has 4 nitrogen and oxygen atoms in total. The number of halogens is 2. The molecule has 0 aliphatic heterocycles. The van der Waals surface area contributed by atoms with Crippen molar-refractivity contribution in [3.8, 4) is 0 Å². The molecule has 4 rings (SSSR count). The number of aliphatic hydroxyl groups excluding tert-OH is 1. The quantitative estimate of drug-likeness (QED) is 0.560. The smallest absolute Gasteiger partial charge is 0.163 e. The predicted octanol–water partition coefficient (Wildman–Crippen LogP) is 3.29. The first-order chi connectivity index (χ1) is 13.1. The van der Waals surface area contributed by atoms with Crippen molar-refractivity contribution >= 4 is 29.0 Å². The molecule has 6 heteroatoms. The first-order valence-electron chi connectivity index (χ1n) is 10.3. The third kappa shape index (κ3) is 2.41. The van der Waals surface area contributed by atoms with Crippen LogP contribution in [0.4, 0.5) is 4.39 Å². The molecule has 9 atom stereocenters. The number of alkyl halides is 2. The first kappa shape index (κ1) is 20.2. The van der Waals surface area contributed by atoms with E-state index in [1.165, 1.54) is 6.08 Å². The van der Waals surface area contributed by atoms with Crippen LogP contribution in [0.2, 0.25) is 0 Å². The van der Waals surface area contributed by atoms with E-state index in [1.807, 2.05) is 6.92 Å². The van der Waals surface area contributed by atoms with E-state index in [-0.39, 0.29) is 64.3 Å². The molecule has 0 radical (unpaired) electrons. The molecule has 154 valence electrons. The van der Waals surface area contributed by atoms with E-state index in [9.17, 15) is 19.5 Å². The Kier molecular flexibility index (Phi) is 4.67. The molecular formula is C22H28ClFO4. The number of hydrogen-bond donors (Lipinski definition) is 1. The molecule has 0 spiro atoms. The molecule has 1 N–H and O–H groups in total. The molecule has 0 aromatic carbocycles. The van der Waals surface area contributed by atoms with Gasteiger partial charge in [0.1, 0.15) is 12.8 Å². The van der Waals surface area contributed by atoms with Gasteiger partial charge in [0.25, 0.3) is 0 Å². The molecule has 0 aromatic heterocycles. The number of allylic oxidation sites excluding steroid dienone is 1. The van der Waals surface area contributed by atoms with Gasteiger partial charge in [0.15, 0.2) is 17.3 Å². The maximum Gasteiger partial charge on any atom is 0.163 e. The topological polar surface area (TPSA) is 71.4 Å². The maximum atomic E-state index is 15.5. The fraction of sp³-hybridized carbons (Fsp3) is 0.773. The van der Waals surface area contributed by atoms with Crippen LogP contribution in [0.25, 0.3) is 0 Å². The monoisotopic (exact) mass is 410 g/mol. The van der Waals surface area contributed by atoms with Crippen molar-refractivity contribution in [3.05, 3.63) is 11.6 Å². The Morgan fingerprint density at radius 3 is 2.64 bits per heavy atom. The lowest BCUT2D eigenvalue weighted by Crippen LogP contribution is -2.60. The third-order valence-corrected chi connectivity index (χ3v) is 9.21. The standard InChI is InChI=1S/C22H28ClFO4/c1-10-6-13-17-12(4-5-21(13,2)18(10)15(27)9-25)22(3)14(20(24)19(17)23)7-11(26)8-16(22)28/h7,10,12-13,17-20,25H,4-6,8-9H2,1-3H3/t10?,12-,13-,17+,18+,19?,20?,21-,22+/m0/s1. The highest BCUT2D eigenvalue weighted by Gasteiger charge is 2.67. The lowest BCUT2D eigenvalue weighted by molar-refractivity contribution is -0.145. The summed E-state index contributed by atoms with van der Waals surface area (Å²) in [4.78, 5) is 37.4. The molecule has 0 amide bonds. The zero-order valence-corrected chi connectivity index (χ0v) is 17.3. The average Bonchev–Trinajstić information content (AvgIpc) is 2.91. The molecule has 28 heavy (non-hydrogen) atoms. The van der Waals surface area contributed by atoms with Gasteiger partial charge in [-0.2, -0.15) is 0 Å². The minimum atomic E-state index is -1.54. The van der Waals surface area contributed by atoms with Crippen molar-refractivity contribution in [3.63, 3.8) is 0 Å². The van der Waals surface area contributed by atoms with E-state index in [4.69, 9.17) is 11.6 Å². The summed E-state index contributed by atoms with van der Waals surface area (Å²) >= 11 is 6.68. The minimum absolute atomic E-state index is 0.0197. The van der Waals surface area contributed by atoms with E-state index in [0.717, 1.165) is 12.8 Å². The number of Topliss-reactive ketones (excluding diaryl/α,β-unsaturated/α-hetero) is 2. The highest BCUT2D eigenvalue weighted by molar-refractivity contribution is 6.22. The first-order valence-corrected chi connectivity index (χ1v) is 10.7. The lowest BCUT2D eigenvalue weighted by atomic mass is 9.46. The van der Waals surface area contributed by atoms with E-state index in [2.05, 4.69) is 6.92 Å². The summed E-state index contributed by atoms with van der Waals surface area (Å²) in [7, 11) is 0. The number of aliphatic hydroxyl groups is 1. The number of carbonyl (C=O) groups is 3. The summed E-state index contributed by atoms with van der Waals surface area (Å²) in [5.41, 5.74) is -1.08. The van der Waals surface area contributed by atoms with Crippen LogP contribution in [0, 0.1) is 40.4 Å². The molecule has 3 unspecified atom stereocenters. The highest BCUT2D eigenvalue weighted by Crippen LogP contribution is 2.68. The van der Waals surface area contributed by atoms with Gasteiger partial charge in [0.2, 0.25) is 0 Å². The molecular weight excluding hydrogens is 383 g/mol.